The molecule has 1 rings (SSSR count). The van der Waals surface area contributed by atoms with Gasteiger partial charge in [0.1, 0.15) is 0 Å². The first-order valence-corrected chi connectivity index (χ1v) is 4.39. The number of halogens is 7. The van der Waals surface area contributed by atoms with E-state index in [-0.39, 0.29) is 0 Å². The maximum Gasteiger partial charge on any atom is 0.404 e. The molecule has 1 aromatic rings. The van der Waals surface area contributed by atoms with Gasteiger partial charge in [-0.15, -0.1) is 0 Å². The molecule has 0 fully saturated rings. The van der Waals surface area contributed by atoms with Crippen molar-refractivity contribution in [3.8, 4) is 0 Å². The van der Waals surface area contributed by atoms with Crippen LogP contribution in [0.2, 0.25) is 5.02 Å². The second kappa shape index (κ2) is 4.16. The first-order chi connectivity index (χ1) is 7.14. The fraction of sp³-hybridized carbons (Fsp3) is 0.333. The Bertz CT molecular complexity index is 353. The normalized spacial score (nSPS) is 13.2. The SMILES string of the molecule is FC(F)(F)C(c1ccccc1Cl)C(F)(F)F. The highest BCUT2D eigenvalue weighted by atomic mass is 35.5. The number of hydrogen-bond donors (Lipinski definition) is 0. The number of benzene rings is 1. The molecule has 0 bridgehead atoms. The van der Waals surface area contributed by atoms with Gasteiger partial charge in [-0.3, -0.25) is 0 Å². The quantitative estimate of drug-likeness (QED) is 0.652. The average Bonchev–Trinajstić information content (AvgIpc) is 2.03. The van der Waals surface area contributed by atoms with Crippen molar-refractivity contribution in [3.63, 3.8) is 0 Å². The van der Waals surface area contributed by atoms with E-state index in [1.807, 2.05) is 0 Å². The van der Waals surface area contributed by atoms with Crippen molar-refractivity contribution in [1.29, 1.82) is 0 Å². The predicted molar refractivity (Wildman–Crippen MR) is 46.3 cm³/mol. The summed E-state index contributed by atoms with van der Waals surface area (Å²) >= 11 is 5.33. The summed E-state index contributed by atoms with van der Waals surface area (Å²) in [5.41, 5.74) is -0.982. The van der Waals surface area contributed by atoms with Gasteiger partial charge in [-0.25, -0.2) is 0 Å². The van der Waals surface area contributed by atoms with Crippen molar-refractivity contribution >= 4 is 11.6 Å². The van der Waals surface area contributed by atoms with Gasteiger partial charge >= 0.3 is 12.4 Å². The second-order valence-electron chi connectivity index (χ2n) is 3.04. The van der Waals surface area contributed by atoms with Gasteiger partial charge in [-0.05, 0) is 11.6 Å². The van der Waals surface area contributed by atoms with E-state index in [0.717, 1.165) is 12.1 Å². The molecule has 0 aromatic heterocycles. The molecule has 0 spiro atoms. The molecule has 1 aromatic carbocycles. The lowest BCUT2D eigenvalue weighted by Gasteiger charge is -2.23. The maximum atomic E-state index is 12.3. The minimum Gasteiger partial charge on any atom is -0.170 e. The van der Waals surface area contributed by atoms with E-state index in [2.05, 4.69) is 0 Å². The molecule has 0 unspecified atom stereocenters. The Morgan fingerprint density at radius 2 is 1.31 bits per heavy atom. The lowest BCUT2D eigenvalue weighted by Crippen LogP contribution is -2.34. The Kier molecular flexibility index (Phi) is 3.42. The van der Waals surface area contributed by atoms with Crippen LogP contribution >= 0.6 is 11.6 Å². The number of alkyl halides is 6. The van der Waals surface area contributed by atoms with Crippen molar-refractivity contribution in [2.45, 2.75) is 18.3 Å². The molecule has 90 valence electrons. The topological polar surface area (TPSA) is 0 Å². The summed E-state index contributed by atoms with van der Waals surface area (Å²) in [6.45, 7) is 0. The van der Waals surface area contributed by atoms with Gasteiger partial charge in [0.2, 0.25) is 0 Å². The molecule has 0 atom stereocenters. The van der Waals surface area contributed by atoms with E-state index in [1.165, 1.54) is 6.07 Å². The largest absolute Gasteiger partial charge is 0.404 e. The van der Waals surface area contributed by atoms with Crippen LogP contribution in [0.1, 0.15) is 11.5 Å². The fourth-order valence-electron chi connectivity index (χ4n) is 1.25. The molecule has 0 heterocycles. The summed E-state index contributed by atoms with van der Waals surface area (Å²) in [6.07, 6.45) is -10.8. The highest BCUT2D eigenvalue weighted by molar-refractivity contribution is 6.31. The third-order valence-corrected chi connectivity index (χ3v) is 2.22. The molecule has 0 aliphatic rings. The summed E-state index contributed by atoms with van der Waals surface area (Å²) in [7, 11) is 0. The van der Waals surface area contributed by atoms with Crippen LogP contribution in [0.3, 0.4) is 0 Å². The summed E-state index contributed by atoms with van der Waals surface area (Å²) < 4.78 is 73.8. The highest BCUT2D eigenvalue weighted by Gasteiger charge is 2.57. The first-order valence-electron chi connectivity index (χ1n) is 4.02. The van der Waals surface area contributed by atoms with E-state index < -0.39 is 28.9 Å². The molecule has 0 N–H and O–H groups in total. The van der Waals surface area contributed by atoms with Crippen molar-refractivity contribution in [1.82, 2.24) is 0 Å². The van der Waals surface area contributed by atoms with E-state index in [9.17, 15) is 26.3 Å². The molecule has 0 aliphatic carbocycles. The molecular formula is C9H5ClF6. The van der Waals surface area contributed by atoms with E-state index in [4.69, 9.17) is 11.6 Å². The molecule has 0 amide bonds. The van der Waals surface area contributed by atoms with Gasteiger partial charge in [0.15, 0.2) is 5.92 Å². The van der Waals surface area contributed by atoms with E-state index >= 15 is 0 Å². The zero-order valence-corrected chi connectivity index (χ0v) is 8.29. The van der Waals surface area contributed by atoms with Crippen LogP contribution in [0.25, 0.3) is 0 Å². The highest BCUT2D eigenvalue weighted by Crippen LogP contribution is 2.47. The van der Waals surface area contributed by atoms with E-state index in [1.54, 1.807) is 0 Å². The van der Waals surface area contributed by atoms with Crippen LogP contribution in [0.5, 0.6) is 0 Å². The van der Waals surface area contributed by atoms with Crippen molar-refractivity contribution in [2.75, 3.05) is 0 Å². The van der Waals surface area contributed by atoms with Gasteiger partial charge in [-0.2, -0.15) is 26.3 Å². The minimum absolute atomic E-state index is 0.554. The van der Waals surface area contributed by atoms with Gasteiger partial charge in [0.05, 0.1) is 0 Å². The smallest absolute Gasteiger partial charge is 0.170 e. The summed E-state index contributed by atoms with van der Waals surface area (Å²) in [6, 6.07) is 4.04. The Morgan fingerprint density at radius 1 is 0.875 bits per heavy atom. The van der Waals surface area contributed by atoms with Gasteiger partial charge in [-0.1, -0.05) is 29.8 Å². The van der Waals surface area contributed by atoms with Crippen molar-refractivity contribution in [2.24, 2.45) is 0 Å². The lowest BCUT2D eigenvalue weighted by molar-refractivity contribution is -0.253. The van der Waals surface area contributed by atoms with Crippen LogP contribution in [-0.4, -0.2) is 12.4 Å². The third kappa shape index (κ3) is 2.81. The Morgan fingerprint density at radius 3 is 1.69 bits per heavy atom. The van der Waals surface area contributed by atoms with E-state index in [0.29, 0.717) is 6.07 Å². The molecular weight excluding hydrogens is 258 g/mol. The Labute approximate surface area is 91.8 Å². The molecule has 7 heteroatoms. The van der Waals surface area contributed by atoms with Crippen LogP contribution in [0.4, 0.5) is 26.3 Å². The van der Waals surface area contributed by atoms with Gasteiger partial charge in [0, 0.05) is 5.02 Å². The third-order valence-electron chi connectivity index (χ3n) is 1.87. The fourth-order valence-corrected chi connectivity index (χ4v) is 1.49. The van der Waals surface area contributed by atoms with Gasteiger partial charge < -0.3 is 0 Å². The number of hydrogen-bond acceptors (Lipinski definition) is 0. The molecule has 16 heavy (non-hydrogen) atoms. The second-order valence-corrected chi connectivity index (χ2v) is 3.44. The van der Waals surface area contributed by atoms with Crippen molar-refractivity contribution in [3.05, 3.63) is 34.9 Å². The van der Waals surface area contributed by atoms with Crippen LogP contribution in [-0.2, 0) is 0 Å². The molecule has 0 saturated heterocycles. The van der Waals surface area contributed by atoms with Crippen LogP contribution in [0.15, 0.2) is 24.3 Å². The molecule has 0 radical (unpaired) electrons. The van der Waals surface area contributed by atoms with Crippen molar-refractivity contribution < 1.29 is 26.3 Å². The van der Waals surface area contributed by atoms with Crippen LogP contribution < -0.4 is 0 Å². The monoisotopic (exact) mass is 262 g/mol. The van der Waals surface area contributed by atoms with Gasteiger partial charge in [0.25, 0.3) is 0 Å². The summed E-state index contributed by atoms with van der Waals surface area (Å²) in [5.74, 6) is -3.55. The predicted octanol–water partition coefficient (Wildman–Crippen LogP) is 4.55. The number of rotatable bonds is 1. The first kappa shape index (κ1) is 13.2. The Hall–Kier alpha value is -0.910. The molecule has 0 aliphatic heterocycles. The molecule has 0 saturated carbocycles. The average molecular weight is 263 g/mol. The summed E-state index contributed by atoms with van der Waals surface area (Å²) in [4.78, 5) is 0. The molecule has 0 nitrogen and oxygen atoms in total. The Balaban J connectivity index is 3.29. The summed E-state index contributed by atoms with van der Waals surface area (Å²) in [5, 5.41) is -0.554. The lowest BCUT2D eigenvalue weighted by atomic mass is 9.98. The maximum absolute atomic E-state index is 12.3. The minimum atomic E-state index is -5.41. The standard InChI is InChI=1S/C9H5ClF6/c10-6-4-2-1-3-5(6)7(8(11,12)13)9(14,15)16/h1-4,7H. The van der Waals surface area contributed by atoms with Crippen LogP contribution in [0, 0.1) is 0 Å². The zero-order valence-electron chi connectivity index (χ0n) is 7.53. The zero-order chi connectivity index (χ0) is 12.6.